The molecule has 3 rings (SSSR count). The lowest BCUT2D eigenvalue weighted by atomic mass is 9.84. The number of carbonyl (C=O) groups is 1. The van der Waals surface area contributed by atoms with E-state index in [1.807, 2.05) is 38.4 Å². The first-order valence-corrected chi connectivity index (χ1v) is 10.4. The van der Waals surface area contributed by atoms with Crippen LogP contribution >= 0.6 is 23.2 Å². The SMILES string of the molecule is CN(C)CCN(C)C(=O)Nc1cccc(C2CN(C)Cc3c(Cl)cc(Cl)cc32)c1. The molecule has 0 aromatic heterocycles. The van der Waals surface area contributed by atoms with Gasteiger partial charge in [0.15, 0.2) is 0 Å². The van der Waals surface area contributed by atoms with Crippen molar-refractivity contribution in [3.63, 3.8) is 0 Å². The maximum absolute atomic E-state index is 12.5. The average molecular weight is 435 g/mol. The number of halogens is 2. The molecule has 0 fully saturated rings. The van der Waals surface area contributed by atoms with Crippen molar-refractivity contribution in [2.45, 2.75) is 12.5 Å². The van der Waals surface area contributed by atoms with E-state index in [1.165, 1.54) is 0 Å². The highest BCUT2D eigenvalue weighted by Crippen LogP contribution is 2.38. The highest BCUT2D eigenvalue weighted by molar-refractivity contribution is 6.35. The van der Waals surface area contributed by atoms with Gasteiger partial charge in [-0.2, -0.15) is 0 Å². The fourth-order valence-electron chi connectivity index (χ4n) is 3.63. The maximum Gasteiger partial charge on any atom is 0.321 e. The van der Waals surface area contributed by atoms with E-state index in [-0.39, 0.29) is 11.9 Å². The third-order valence-electron chi connectivity index (χ3n) is 5.26. The Kier molecular flexibility index (Phi) is 7.06. The van der Waals surface area contributed by atoms with E-state index in [0.29, 0.717) is 16.6 Å². The van der Waals surface area contributed by atoms with E-state index in [9.17, 15) is 4.79 Å². The minimum atomic E-state index is -0.115. The van der Waals surface area contributed by atoms with Crippen molar-refractivity contribution in [2.24, 2.45) is 0 Å². The molecule has 29 heavy (non-hydrogen) atoms. The Hall–Kier alpha value is -1.79. The first-order chi connectivity index (χ1) is 13.7. The molecular formula is C22H28Cl2N4O. The van der Waals surface area contributed by atoms with Gasteiger partial charge >= 0.3 is 6.03 Å². The number of rotatable bonds is 5. The van der Waals surface area contributed by atoms with Gasteiger partial charge in [0.1, 0.15) is 0 Å². The van der Waals surface area contributed by atoms with Crippen molar-refractivity contribution in [3.05, 3.63) is 63.1 Å². The molecule has 0 bridgehead atoms. The van der Waals surface area contributed by atoms with Crippen molar-refractivity contribution in [1.82, 2.24) is 14.7 Å². The summed E-state index contributed by atoms with van der Waals surface area (Å²) in [4.78, 5) is 18.5. The lowest BCUT2D eigenvalue weighted by Gasteiger charge is -2.33. The number of benzene rings is 2. The second-order valence-corrected chi connectivity index (χ2v) is 8.83. The average Bonchev–Trinajstić information content (AvgIpc) is 2.66. The van der Waals surface area contributed by atoms with Gasteiger partial charge in [-0.05, 0) is 62.1 Å². The van der Waals surface area contributed by atoms with Crippen LogP contribution in [0.3, 0.4) is 0 Å². The van der Waals surface area contributed by atoms with Gasteiger partial charge in [0.05, 0.1) is 0 Å². The molecule has 0 aliphatic carbocycles. The predicted octanol–water partition coefficient (Wildman–Crippen LogP) is 4.60. The molecule has 1 heterocycles. The quantitative estimate of drug-likeness (QED) is 0.747. The molecule has 0 radical (unpaired) electrons. The highest BCUT2D eigenvalue weighted by Gasteiger charge is 2.27. The fourth-order valence-corrected chi connectivity index (χ4v) is 4.20. The summed E-state index contributed by atoms with van der Waals surface area (Å²) in [6, 6.07) is 11.7. The van der Waals surface area contributed by atoms with E-state index >= 15 is 0 Å². The van der Waals surface area contributed by atoms with Gasteiger partial charge in [-0.3, -0.25) is 0 Å². The van der Waals surface area contributed by atoms with Crippen molar-refractivity contribution in [2.75, 3.05) is 53.1 Å². The Morgan fingerprint density at radius 3 is 2.66 bits per heavy atom. The molecule has 1 aliphatic rings. The van der Waals surface area contributed by atoms with Gasteiger partial charge in [0.2, 0.25) is 0 Å². The summed E-state index contributed by atoms with van der Waals surface area (Å²) in [5, 5.41) is 4.36. The second-order valence-electron chi connectivity index (χ2n) is 7.99. The number of nitrogens with zero attached hydrogens (tertiary/aromatic N) is 3. The molecule has 156 valence electrons. The molecule has 5 nitrogen and oxygen atoms in total. The number of nitrogens with one attached hydrogen (secondary N) is 1. The summed E-state index contributed by atoms with van der Waals surface area (Å²) in [5.41, 5.74) is 4.19. The zero-order valence-electron chi connectivity index (χ0n) is 17.4. The minimum Gasteiger partial charge on any atom is -0.326 e. The van der Waals surface area contributed by atoms with Crippen molar-refractivity contribution >= 4 is 34.9 Å². The number of likely N-dealkylation sites (N-methyl/N-ethyl adjacent to an activating group) is 3. The lowest BCUT2D eigenvalue weighted by Crippen LogP contribution is -2.36. The van der Waals surface area contributed by atoms with E-state index in [2.05, 4.69) is 28.2 Å². The molecule has 1 atom stereocenters. The van der Waals surface area contributed by atoms with Gasteiger partial charge in [-0.15, -0.1) is 0 Å². The van der Waals surface area contributed by atoms with Gasteiger partial charge in [-0.25, -0.2) is 4.79 Å². The molecule has 1 unspecified atom stereocenters. The molecule has 2 amide bonds. The number of hydrogen-bond acceptors (Lipinski definition) is 3. The summed E-state index contributed by atoms with van der Waals surface area (Å²) in [6.45, 7) is 3.14. The van der Waals surface area contributed by atoms with Gasteiger partial charge in [-0.1, -0.05) is 35.3 Å². The Labute approximate surface area is 183 Å². The van der Waals surface area contributed by atoms with Crippen molar-refractivity contribution < 1.29 is 4.79 Å². The summed E-state index contributed by atoms with van der Waals surface area (Å²) >= 11 is 12.8. The van der Waals surface area contributed by atoms with Crippen LogP contribution in [0.4, 0.5) is 10.5 Å². The Morgan fingerprint density at radius 2 is 1.93 bits per heavy atom. The van der Waals surface area contributed by atoms with Gasteiger partial charge in [0.25, 0.3) is 0 Å². The third kappa shape index (κ3) is 5.43. The summed E-state index contributed by atoms with van der Waals surface area (Å²) < 4.78 is 0. The number of carbonyl (C=O) groups excluding carboxylic acids is 1. The van der Waals surface area contributed by atoms with Crippen LogP contribution in [0.15, 0.2) is 36.4 Å². The first-order valence-electron chi connectivity index (χ1n) is 9.67. The number of amides is 2. The minimum absolute atomic E-state index is 0.115. The third-order valence-corrected chi connectivity index (χ3v) is 5.82. The number of anilines is 1. The van der Waals surface area contributed by atoms with E-state index in [4.69, 9.17) is 23.2 Å². The number of fused-ring (bicyclic) bond motifs is 1. The smallest absolute Gasteiger partial charge is 0.321 e. The van der Waals surface area contributed by atoms with E-state index in [1.54, 1.807) is 18.0 Å². The monoisotopic (exact) mass is 434 g/mol. The summed E-state index contributed by atoms with van der Waals surface area (Å²) in [7, 11) is 7.88. The molecule has 7 heteroatoms. The van der Waals surface area contributed by atoms with Crippen LogP contribution in [0.1, 0.15) is 22.6 Å². The van der Waals surface area contributed by atoms with Crippen LogP contribution in [0, 0.1) is 0 Å². The molecule has 0 saturated carbocycles. The van der Waals surface area contributed by atoms with Crippen LogP contribution < -0.4 is 5.32 Å². The molecule has 0 saturated heterocycles. The Morgan fingerprint density at radius 1 is 1.17 bits per heavy atom. The van der Waals surface area contributed by atoms with E-state index < -0.39 is 0 Å². The lowest BCUT2D eigenvalue weighted by molar-refractivity contribution is 0.217. The summed E-state index contributed by atoms with van der Waals surface area (Å²) in [5.74, 6) is 0.142. The second kappa shape index (κ2) is 9.35. The topological polar surface area (TPSA) is 38.8 Å². The molecule has 0 spiro atoms. The molecule has 1 aliphatic heterocycles. The summed E-state index contributed by atoms with van der Waals surface area (Å²) in [6.07, 6.45) is 0. The molecule has 1 N–H and O–H groups in total. The van der Waals surface area contributed by atoms with Crippen LogP contribution in [-0.2, 0) is 6.54 Å². The zero-order valence-corrected chi connectivity index (χ0v) is 18.9. The molecule has 2 aromatic carbocycles. The number of urea groups is 1. The highest BCUT2D eigenvalue weighted by atomic mass is 35.5. The van der Waals surface area contributed by atoms with Crippen LogP contribution in [-0.4, -0.2) is 68.6 Å². The van der Waals surface area contributed by atoms with Crippen molar-refractivity contribution in [1.29, 1.82) is 0 Å². The van der Waals surface area contributed by atoms with Crippen LogP contribution in [0.25, 0.3) is 0 Å². The molecule has 2 aromatic rings. The largest absolute Gasteiger partial charge is 0.326 e. The van der Waals surface area contributed by atoms with Gasteiger partial charge < -0.3 is 20.0 Å². The van der Waals surface area contributed by atoms with Crippen molar-refractivity contribution in [3.8, 4) is 0 Å². The van der Waals surface area contributed by atoms with E-state index in [0.717, 1.165) is 42.0 Å². The van der Waals surface area contributed by atoms with Crippen LogP contribution in [0.2, 0.25) is 10.0 Å². The first kappa shape index (κ1) is 21.9. The standard InChI is InChI=1S/C22H28Cl2N4O/c1-26(2)8-9-28(4)22(29)25-17-7-5-6-15(10-17)19-13-27(3)14-20-18(19)11-16(23)12-21(20)24/h5-7,10-12,19H,8-9,13-14H2,1-4H3,(H,25,29). The fraction of sp³-hybridized carbons (Fsp3) is 0.409. The van der Waals surface area contributed by atoms with Crippen LogP contribution in [0.5, 0.6) is 0 Å². The Balaban J connectivity index is 1.82. The predicted molar refractivity (Wildman–Crippen MR) is 121 cm³/mol. The Bertz CT molecular complexity index is 887. The number of hydrogen-bond donors (Lipinski definition) is 1. The zero-order chi connectivity index (χ0) is 21.1. The molecular weight excluding hydrogens is 407 g/mol. The van der Waals surface area contributed by atoms with Gasteiger partial charge in [0, 0.05) is 54.9 Å². The normalized spacial score (nSPS) is 16.6. The maximum atomic E-state index is 12.5.